The number of terminal acetylenes is 1. The molecule has 0 radical (unpaired) electrons. The van der Waals surface area contributed by atoms with E-state index in [0.29, 0.717) is 13.1 Å². The second-order valence-corrected chi connectivity index (χ2v) is 2.44. The van der Waals surface area contributed by atoms with Gasteiger partial charge in [-0.3, -0.25) is 4.79 Å². The second-order valence-electron chi connectivity index (χ2n) is 2.44. The van der Waals surface area contributed by atoms with Crippen LogP contribution in [0.3, 0.4) is 0 Å². The number of carbonyl (C=O) groups excluding carboxylic acids is 1. The first-order valence-corrected chi connectivity index (χ1v) is 4.28. The maximum atomic E-state index is 11.3. The van der Waals surface area contributed by atoms with Crippen molar-refractivity contribution in [3.63, 3.8) is 0 Å². The van der Waals surface area contributed by atoms with Gasteiger partial charge in [-0.2, -0.15) is 0 Å². The van der Waals surface area contributed by atoms with Crippen molar-refractivity contribution >= 4 is 5.91 Å². The van der Waals surface area contributed by atoms with E-state index < -0.39 is 0 Å². The Kier molecular flexibility index (Phi) is 6.35. The van der Waals surface area contributed by atoms with Gasteiger partial charge in [0.25, 0.3) is 0 Å². The van der Waals surface area contributed by atoms with Crippen LogP contribution in [0.5, 0.6) is 0 Å². The van der Waals surface area contributed by atoms with Gasteiger partial charge in [-0.25, -0.2) is 0 Å². The molecule has 2 heteroatoms. The lowest BCUT2D eigenvalue weighted by atomic mass is 10.4. The van der Waals surface area contributed by atoms with E-state index in [0.717, 1.165) is 0 Å². The number of amides is 1. The Hall–Kier alpha value is -1.49. The number of hydrogen-bond donors (Lipinski definition) is 0. The number of allylic oxidation sites excluding steroid dienone is 3. The third-order valence-corrected chi connectivity index (χ3v) is 1.52. The second kappa shape index (κ2) is 7.17. The van der Waals surface area contributed by atoms with Crippen molar-refractivity contribution in [3.8, 4) is 12.3 Å². The zero-order chi connectivity index (χ0) is 10.1. The highest BCUT2D eigenvalue weighted by Gasteiger charge is 2.04. The summed E-state index contributed by atoms with van der Waals surface area (Å²) in [5.74, 6) is 2.40. The Morgan fingerprint density at radius 2 is 2.23 bits per heavy atom. The number of rotatable bonds is 4. The summed E-state index contributed by atoms with van der Waals surface area (Å²) in [6.07, 6.45) is 12.0. The lowest BCUT2D eigenvalue weighted by Gasteiger charge is -2.14. The van der Waals surface area contributed by atoms with Crippen molar-refractivity contribution in [2.45, 2.75) is 13.8 Å². The third-order valence-electron chi connectivity index (χ3n) is 1.52. The van der Waals surface area contributed by atoms with Crippen LogP contribution in [0, 0.1) is 12.3 Å². The Morgan fingerprint density at radius 3 is 2.69 bits per heavy atom. The van der Waals surface area contributed by atoms with Crippen LogP contribution in [0.15, 0.2) is 24.3 Å². The van der Waals surface area contributed by atoms with Gasteiger partial charge in [0, 0.05) is 12.6 Å². The standard InChI is InChI=1S/C11H15NO/c1-4-7-8-9-11(13)12(6-3)10-5-2/h2,4,7-9H,6,10H2,1,3H3/b7-4?,9-8+. The summed E-state index contributed by atoms with van der Waals surface area (Å²) in [5.41, 5.74) is 0. The molecule has 0 N–H and O–H groups in total. The highest BCUT2D eigenvalue weighted by molar-refractivity contribution is 5.88. The highest BCUT2D eigenvalue weighted by atomic mass is 16.2. The molecule has 0 atom stereocenters. The number of hydrogen-bond acceptors (Lipinski definition) is 1. The average molecular weight is 177 g/mol. The SMILES string of the molecule is C#CCN(CC)C(=O)/C=C/C=CC. The maximum absolute atomic E-state index is 11.3. The molecule has 0 aromatic heterocycles. The molecule has 0 heterocycles. The van der Waals surface area contributed by atoms with Gasteiger partial charge in [-0.15, -0.1) is 6.42 Å². The minimum absolute atomic E-state index is 0.0430. The molecule has 0 rings (SSSR count). The minimum Gasteiger partial charge on any atom is -0.328 e. The van der Waals surface area contributed by atoms with Crippen LogP contribution in [0.25, 0.3) is 0 Å². The van der Waals surface area contributed by atoms with Crippen LogP contribution in [0.4, 0.5) is 0 Å². The fourth-order valence-electron chi connectivity index (χ4n) is 0.810. The zero-order valence-corrected chi connectivity index (χ0v) is 8.16. The van der Waals surface area contributed by atoms with Crippen molar-refractivity contribution in [2.75, 3.05) is 13.1 Å². The van der Waals surface area contributed by atoms with Gasteiger partial charge >= 0.3 is 0 Å². The van der Waals surface area contributed by atoms with Crippen molar-refractivity contribution < 1.29 is 4.79 Å². The summed E-state index contributed by atoms with van der Waals surface area (Å²) in [4.78, 5) is 12.9. The molecule has 2 nitrogen and oxygen atoms in total. The first-order chi connectivity index (χ1) is 6.26. The normalized spacial score (nSPS) is 10.5. The Morgan fingerprint density at radius 1 is 1.54 bits per heavy atom. The number of carbonyl (C=O) groups is 1. The molecule has 0 fully saturated rings. The van der Waals surface area contributed by atoms with Crippen molar-refractivity contribution in [1.29, 1.82) is 0 Å². The molecule has 0 spiro atoms. The van der Waals surface area contributed by atoms with Gasteiger partial charge in [-0.1, -0.05) is 24.1 Å². The summed E-state index contributed by atoms with van der Waals surface area (Å²) in [5, 5.41) is 0. The van der Waals surface area contributed by atoms with Gasteiger partial charge in [0.1, 0.15) is 0 Å². The fourth-order valence-corrected chi connectivity index (χ4v) is 0.810. The van der Waals surface area contributed by atoms with E-state index in [1.165, 1.54) is 6.08 Å². The average Bonchev–Trinajstić information content (AvgIpc) is 2.14. The molecular formula is C11H15NO. The lowest BCUT2D eigenvalue weighted by Crippen LogP contribution is -2.29. The molecule has 1 amide bonds. The number of likely N-dealkylation sites (N-methyl/N-ethyl adjacent to an activating group) is 1. The molecule has 0 aliphatic carbocycles. The van der Waals surface area contributed by atoms with Gasteiger partial charge in [0.05, 0.1) is 6.54 Å². The first kappa shape index (κ1) is 11.5. The minimum atomic E-state index is -0.0430. The summed E-state index contributed by atoms with van der Waals surface area (Å²) < 4.78 is 0. The predicted molar refractivity (Wildman–Crippen MR) is 55.0 cm³/mol. The zero-order valence-electron chi connectivity index (χ0n) is 8.16. The topological polar surface area (TPSA) is 20.3 Å². The van der Waals surface area contributed by atoms with Crippen LogP contribution in [-0.2, 0) is 4.79 Å². The van der Waals surface area contributed by atoms with Gasteiger partial charge in [0.15, 0.2) is 0 Å². The molecular weight excluding hydrogens is 162 g/mol. The van der Waals surface area contributed by atoms with E-state index >= 15 is 0 Å². The molecule has 0 saturated carbocycles. The molecule has 0 saturated heterocycles. The quantitative estimate of drug-likeness (QED) is 0.363. The van der Waals surface area contributed by atoms with E-state index in [9.17, 15) is 4.79 Å². The molecule has 0 aromatic carbocycles. The van der Waals surface area contributed by atoms with Crippen molar-refractivity contribution in [2.24, 2.45) is 0 Å². The molecule has 0 aromatic rings. The van der Waals surface area contributed by atoms with Crippen molar-refractivity contribution in [3.05, 3.63) is 24.3 Å². The smallest absolute Gasteiger partial charge is 0.247 e. The summed E-state index contributed by atoms with van der Waals surface area (Å²) in [6.45, 7) is 4.81. The van der Waals surface area contributed by atoms with Gasteiger partial charge < -0.3 is 4.90 Å². The lowest BCUT2D eigenvalue weighted by molar-refractivity contribution is -0.125. The van der Waals surface area contributed by atoms with Crippen LogP contribution < -0.4 is 0 Å². The molecule has 70 valence electrons. The van der Waals surface area contributed by atoms with Crippen LogP contribution >= 0.6 is 0 Å². The van der Waals surface area contributed by atoms with E-state index in [4.69, 9.17) is 6.42 Å². The van der Waals surface area contributed by atoms with Crippen molar-refractivity contribution in [1.82, 2.24) is 4.90 Å². The monoisotopic (exact) mass is 177 g/mol. The predicted octanol–water partition coefficient (Wildman–Crippen LogP) is 1.60. The van der Waals surface area contributed by atoms with E-state index in [1.807, 2.05) is 26.0 Å². The molecule has 13 heavy (non-hydrogen) atoms. The summed E-state index contributed by atoms with van der Waals surface area (Å²) >= 11 is 0. The number of nitrogens with zero attached hydrogens (tertiary/aromatic N) is 1. The van der Waals surface area contributed by atoms with E-state index in [2.05, 4.69) is 5.92 Å². The molecule has 0 bridgehead atoms. The fraction of sp³-hybridized carbons (Fsp3) is 0.364. The molecule has 0 aliphatic heterocycles. The van der Waals surface area contributed by atoms with Crippen LogP contribution in [-0.4, -0.2) is 23.9 Å². The highest BCUT2D eigenvalue weighted by Crippen LogP contribution is 1.90. The largest absolute Gasteiger partial charge is 0.328 e. The van der Waals surface area contributed by atoms with Gasteiger partial charge in [-0.05, 0) is 13.8 Å². The van der Waals surface area contributed by atoms with Crippen LogP contribution in [0.1, 0.15) is 13.8 Å². The maximum Gasteiger partial charge on any atom is 0.247 e. The first-order valence-electron chi connectivity index (χ1n) is 4.28. The molecule has 0 unspecified atom stereocenters. The van der Waals surface area contributed by atoms with Gasteiger partial charge in [0.2, 0.25) is 5.91 Å². The molecule has 0 aliphatic rings. The van der Waals surface area contributed by atoms with Crippen LogP contribution in [0.2, 0.25) is 0 Å². The summed E-state index contributed by atoms with van der Waals surface area (Å²) in [7, 11) is 0. The summed E-state index contributed by atoms with van der Waals surface area (Å²) in [6, 6.07) is 0. The Balaban J connectivity index is 4.14. The van der Waals surface area contributed by atoms with E-state index in [-0.39, 0.29) is 5.91 Å². The Bertz CT molecular complexity index is 245. The third kappa shape index (κ3) is 4.86. The van der Waals surface area contributed by atoms with E-state index in [1.54, 1.807) is 11.0 Å². The Labute approximate surface area is 79.9 Å².